The normalized spacial score (nSPS) is 9.00. The summed E-state index contributed by atoms with van der Waals surface area (Å²) in [6.45, 7) is 2.24. The molecule has 0 spiro atoms. The summed E-state index contributed by atoms with van der Waals surface area (Å²) in [6.07, 6.45) is 0. The van der Waals surface area contributed by atoms with Crippen molar-refractivity contribution in [2.75, 3.05) is 0 Å². The highest BCUT2D eigenvalue weighted by Crippen LogP contribution is 1.82. The minimum atomic E-state index is 0. The molecule has 47 valence electrons. The minimum absolute atomic E-state index is 0. The molecule has 1 radical (unpaired) electrons. The van der Waals surface area contributed by atoms with Gasteiger partial charge in [0.2, 0.25) is 15.2 Å². The van der Waals surface area contributed by atoms with Crippen molar-refractivity contribution in [1.29, 1.82) is 0 Å². The van der Waals surface area contributed by atoms with Gasteiger partial charge in [0.25, 0.3) is 0 Å². The van der Waals surface area contributed by atoms with Crippen LogP contribution >= 0.6 is 0 Å². The number of rotatable bonds is 2. The van der Waals surface area contributed by atoms with E-state index < -0.39 is 0 Å². The molecule has 1 aromatic rings. The van der Waals surface area contributed by atoms with Gasteiger partial charge in [-0.15, -0.1) is 9.71 Å². The van der Waals surface area contributed by atoms with Gasteiger partial charge in [-0.05, 0) is 0 Å². The van der Waals surface area contributed by atoms with Gasteiger partial charge < -0.3 is 0 Å². The lowest BCUT2D eigenvalue weighted by Crippen LogP contribution is -2.10. The van der Waals surface area contributed by atoms with Gasteiger partial charge in [-0.2, -0.15) is 0 Å². The third-order valence-electron chi connectivity index (χ3n) is 1.24. The van der Waals surface area contributed by atoms with Crippen LogP contribution < -0.4 is 4.43 Å². The quantitative estimate of drug-likeness (QED) is 0.541. The predicted molar refractivity (Wildman–Crippen MR) is 44.4 cm³/mol. The molecular formula is C8H12Al. The highest BCUT2D eigenvalue weighted by atomic mass is 27.1. The van der Waals surface area contributed by atoms with Crippen molar-refractivity contribution in [1.82, 2.24) is 0 Å². The Morgan fingerprint density at radius 2 is 2.00 bits per heavy atom. The molecule has 0 aliphatic heterocycles. The molecule has 0 aliphatic rings. The average molecular weight is 135 g/mol. The Hall–Kier alpha value is -0.248. The molecule has 0 N–H and O–H groups in total. The van der Waals surface area contributed by atoms with Crippen molar-refractivity contribution in [3.05, 3.63) is 30.3 Å². The molecule has 0 bridgehead atoms. The zero-order valence-corrected chi connectivity index (χ0v) is 6.83. The second kappa shape index (κ2) is 3.72. The summed E-state index contributed by atoms with van der Waals surface area (Å²) in [7, 11) is 0. The van der Waals surface area contributed by atoms with Crippen LogP contribution in [0.1, 0.15) is 8.35 Å². The molecular weight excluding hydrogens is 123 g/mol. The van der Waals surface area contributed by atoms with Gasteiger partial charge in [-0.3, -0.25) is 0 Å². The zero-order chi connectivity index (χ0) is 6.53. The van der Waals surface area contributed by atoms with E-state index >= 15 is 0 Å². The van der Waals surface area contributed by atoms with Crippen LogP contribution in [0.5, 0.6) is 0 Å². The molecule has 0 amide bonds. The van der Waals surface area contributed by atoms with E-state index in [4.69, 9.17) is 0 Å². The van der Waals surface area contributed by atoms with Crippen LogP contribution in [0.4, 0.5) is 0 Å². The number of hydrogen-bond donors (Lipinski definition) is 0. The Bertz CT molecular complexity index is 162. The van der Waals surface area contributed by atoms with Crippen LogP contribution in [-0.2, 0) is 0 Å². The van der Waals surface area contributed by atoms with Crippen molar-refractivity contribution in [2.24, 2.45) is 0 Å². The SMILES string of the molecule is C[CH2][Al][c]1ccccc1.[HH]. The summed E-state index contributed by atoms with van der Waals surface area (Å²) in [6, 6.07) is 10.7. The van der Waals surface area contributed by atoms with E-state index in [1.807, 2.05) is 0 Å². The van der Waals surface area contributed by atoms with Crippen LogP contribution in [0.3, 0.4) is 0 Å². The maximum atomic E-state index is 2.24. The fourth-order valence-electron chi connectivity index (χ4n) is 0.825. The summed E-state index contributed by atoms with van der Waals surface area (Å²) in [4.78, 5) is 0. The van der Waals surface area contributed by atoms with Gasteiger partial charge in [0.05, 0.1) is 0 Å². The molecule has 1 heteroatoms. The van der Waals surface area contributed by atoms with E-state index in [-0.39, 0.29) is 1.43 Å². The van der Waals surface area contributed by atoms with Crippen LogP contribution in [0.15, 0.2) is 30.3 Å². The topological polar surface area (TPSA) is 0 Å². The standard InChI is InChI=1S/C6H5.C2H5.Al.H2/c1-2-4-6-5-3-1;1-2;;/h1-5H;1H2,2H3;;1H. The first-order valence-electron chi connectivity index (χ1n) is 3.31. The average Bonchev–Trinajstić information content (AvgIpc) is 1.91. The van der Waals surface area contributed by atoms with Gasteiger partial charge in [0, 0.05) is 1.43 Å². The molecule has 0 saturated heterocycles. The molecule has 0 nitrogen and oxygen atoms in total. The molecule has 0 saturated carbocycles. The maximum Gasteiger partial charge on any atom is 0.250 e. The fourth-order valence-corrected chi connectivity index (χ4v) is 1.79. The summed E-state index contributed by atoms with van der Waals surface area (Å²) < 4.78 is 1.53. The van der Waals surface area contributed by atoms with Crippen LogP contribution in [0, 0.1) is 0 Å². The van der Waals surface area contributed by atoms with E-state index in [9.17, 15) is 0 Å². The first kappa shape index (κ1) is 6.87. The van der Waals surface area contributed by atoms with E-state index in [0.29, 0.717) is 15.2 Å². The Kier molecular flexibility index (Phi) is 2.84. The van der Waals surface area contributed by atoms with Gasteiger partial charge in [-0.25, -0.2) is 0 Å². The molecule has 0 aliphatic carbocycles. The molecule has 9 heavy (non-hydrogen) atoms. The Morgan fingerprint density at radius 3 is 2.56 bits per heavy atom. The first-order valence-corrected chi connectivity index (χ1v) is 4.71. The third kappa shape index (κ3) is 2.22. The zero-order valence-electron chi connectivity index (χ0n) is 5.67. The predicted octanol–water partition coefficient (Wildman–Crippen LogP) is 1.70. The van der Waals surface area contributed by atoms with Crippen molar-refractivity contribution >= 4 is 19.6 Å². The third-order valence-corrected chi connectivity index (χ3v) is 2.50. The maximum absolute atomic E-state index is 2.24. The fraction of sp³-hybridized carbons (Fsp3) is 0.250. The van der Waals surface area contributed by atoms with Crippen molar-refractivity contribution in [3.63, 3.8) is 0 Å². The highest BCUT2D eigenvalue weighted by Gasteiger charge is 1.88. The van der Waals surface area contributed by atoms with Gasteiger partial charge >= 0.3 is 0 Å². The summed E-state index contributed by atoms with van der Waals surface area (Å²) >= 11 is 0.543. The summed E-state index contributed by atoms with van der Waals surface area (Å²) in [5, 5.41) is 1.32. The van der Waals surface area contributed by atoms with Gasteiger partial charge in [0.1, 0.15) is 0 Å². The monoisotopic (exact) mass is 135 g/mol. The van der Waals surface area contributed by atoms with Gasteiger partial charge in [0.15, 0.2) is 0 Å². The van der Waals surface area contributed by atoms with E-state index in [2.05, 4.69) is 37.3 Å². The molecule has 0 fully saturated rings. The molecule has 0 atom stereocenters. The largest absolute Gasteiger partial charge is 0.250 e. The molecule has 0 aromatic heterocycles. The van der Waals surface area contributed by atoms with Crippen LogP contribution in [-0.4, -0.2) is 15.2 Å². The highest BCUT2D eigenvalue weighted by molar-refractivity contribution is 6.53. The number of benzene rings is 1. The lowest BCUT2D eigenvalue weighted by Gasteiger charge is -1.91. The van der Waals surface area contributed by atoms with Crippen molar-refractivity contribution in [3.8, 4) is 0 Å². The Labute approximate surface area is 64.1 Å². The molecule has 1 rings (SSSR count). The van der Waals surface area contributed by atoms with E-state index in [1.54, 1.807) is 0 Å². The van der Waals surface area contributed by atoms with E-state index in [0.717, 1.165) is 0 Å². The second-order valence-corrected chi connectivity index (χ2v) is 3.91. The minimum Gasteiger partial charge on any atom is -0.124 e. The van der Waals surface area contributed by atoms with Crippen LogP contribution in [0.2, 0.25) is 5.28 Å². The summed E-state index contributed by atoms with van der Waals surface area (Å²) in [5.74, 6) is 0. The van der Waals surface area contributed by atoms with Crippen molar-refractivity contribution < 1.29 is 1.43 Å². The Balaban J connectivity index is 0.000000810. The molecule has 0 unspecified atom stereocenters. The molecule has 0 heterocycles. The van der Waals surface area contributed by atoms with Crippen molar-refractivity contribution in [2.45, 2.75) is 12.2 Å². The lowest BCUT2D eigenvalue weighted by molar-refractivity contribution is 1.46. The van der Waals surface area contributed by atoms with Gasteiger partial charge in [-0.1, -0.05) is 37.3 Å². The Morgan fingerprint density at radius 1 is 1.33 bits per heavy atom. The molecule has 1 aromatic carbocycles. The summed E-state index contributed by atoms with van der Waals surface area (Å²) in [5.41, 5.74) is 0. The van der Waals surface area contributed by atoms with E-state index in [1.165, 1.54) is 9.71 Å². The first-order chi connectivity index (χ1) is 4.43. The number of hydrogen-bond acceptors (Lipinski definition) is 0. The van der Waals surface area contributed by atoms with Crippen LogP contribution in [0.25, 0.3) is 0 Å². The smallest absolute Gasteiger partial charge is 0.124 e. The lowest BCUT2D eigenvalue weighted by atomic mass is 10.4. The second-order valence-electron chi connectivity index (χ2n) is 2.02.